The first-order valence-electron chi connectivity index (χ1n) is 20.5. The molecule has 11 nitrogen and oxygen atoms in total. The Bertz CT molecular complexity index is 2180. The number of hydrogen-bond donors (Lipinski definition) is 1. The van der Waals surface area contributed by atoms with E-state index in [2.05, 4.69) is 58.1 Å². The molecule has 4 saturated heterocycles. The molecule has 6 aliphatic rings. The summed E-state index contributed by atoms with van der Waals surface area (Å²) in [6, 6.07) is 20.1. The fourth-order valence-electron chi connectivity index (χ4n) is 10.6. The summed E-state index contributed by atoms with van der Waals surface area (Å²) < 4.78 is 0. The van der Waals surface area contributed by atoms with Crippen molar-refractivity contribution < 1.29 is 19.2 Å². The zero-order valence-electron chi connectivity index (χ0n) is 32.9. The van der Waals surface area contributed by atoms with E-state index in [9.17, 15) is 24.4 Å². The Morgan fingerprint density at radius 3 is 2.26 bits per heavy atom. The van der Waals surface area contributed by atoms with Crippen LogP contribution in [0.4, 0.5) is 11.4 Å². The first-order chi connectivity index (χ1) is 27.4. The molecule has 0 bridgehead atoms. The minimum Gasteiger partial charge on any atom is -0.371 e. The van der Waals surface area contributed by atoms with Gasteiger partial charge < -0.3 is 19.6 Å². The number of anilines is 2. The number of amides is 4. The molecule has 6 aliphatic heterocycles. The highest BCUT2D eigenvalue weighted by Crippen LogP contribution is 2.46. The lowest BCUT2D eigenvalue weighted by atomic mass is 9.76. The van der Waals surface area contributed by atoms with Gasteiger partial charge in [-0.1, -0.05) is 24.6 Å². The Morgan fingerprint density at radius 2 is 1.58 bits per heavy atom. The molecule has 2 atom stereocenters. The Kier molecular flexibility index (Phi) is 9.56. The van der Waals surface area contributed by atoms with Crippen molar-refractivity contribution in [2.45, 2.75) is 90.5 Å². The average Bonchev–Trinajstić information content (AvgIpc) is 3.85. The molecule has 57 heavy (non-hydrogen) atoms. The van der Waals surface area contributed by atoms with Gasteiger partial charge >= 0.3 is 0 Å². The van der Waals surface area contributed by atoms with Gasteiger partial charge in [0.05, 0.1) is 10.6 Å². The molecular weight excluding hydrogens is 738 g/mol. The number of carbonyl (C=O) groups excluding carboxylic acids is 4. The number of piperidine rings is 3. The molecule has 1 unspecified atom stereocenters. The summed E-state index contributed by atoms with van der Waals surface area (Å²) in [5.74, 6) is -0.685. The van der Waals surface area contributed by atoms with E-state index in [-0.39, 0.29) is 40.9 Å². The molecule has 6 heterocycles. The molecule has 1 spiro atoms. The summed E-state index contributed by atoms with van der Waals surface area (Å²) in [5.41, 5.74) is 7.89. The van der Waals surface area contributed by atoms with Crippen LogP contribution in [0, 0.1) is 22.2 Å². The smallest absolute Gasteiger partial charge is 0.255 e. The summed E-state index contributed by atoms with van der Waals surface area (Å²) in [6.07, 6.45) is 5.86. The minimum atomic E-state index is -0.600. The highest BCUT2D eigenvalue weighted by Gasteiger charge is 2.45. The number of nitriles is 1. The number of nitrogens with one attached hydrogen (secondary N) is 1. The largest absolute Gasteiger partial charge is 0.371 e. The first-order valence-corrected chi connectivity index (χ1v) is 20.9. The first kappa shape index (κ1) is 37.6. The number of imide groups is 1. The van der Waals surface area contributed by atoms with E-state index in [0.717, 1.165) is 101 Å². The molecule has 0 aliphatic carbocycles. The van der Waals surface area contributed by atoms with Gasteiger partial charge in [0.1, 0.15) is 12.1 Å². The Hall–Kier alpha value is -4.92. The molecular formula is C45H50ClN7O4. The van der Waals surface area contributed by atoms with Gasteiger partial charge in [0.25, 0.3) is 11.8 Å². The summed E-state index contributed by atoms with van der Waals surface area (Å²) in [4.78, 5) is 62.2. The number of nitrogens with zero attached hydrogens (tertiary/aromatic N) is 6. The molecule has 4 amide bonds. The summed E-state index contributed by atoms with van der Waals surface area (Å²) >= 11 is 6.38. The monoisotopic (exact) mass is 787 g/mol. The fourth-order valence-corrected chi connectivity index (χ4v) is 10.9. The number of likely N-dealkylation sites (tertiary alicyclic amines) is 1. The lowest BCUT2D eigenvalue weighted by Gasteiger charge is -2.41. The van der Waals surface area contributed by atoms with Gasteiger partial charge in [-0.25, -0.2) is 0 Å². The van der Waals surface area contributed by atoms with Crippen LogP contribution in [0.3, 0.4) is 0 Å². The van der Waals surface area contributed by atoms with Crippen LogP contribution < -0.4 is 15.1 Å². The van der Waals surface area contributed by atoms with Crippen molar-refractivity contribution in [2.75, 3.05) is 49.1 Å². The molecule has 3 aromatic carbocycles. The van der Waals surface area contributed by atoms with Crippen molar-refractivity contribution >= 4 is 46.6 Å². The maximum atomic E-state index is 13.7. The number of halogens is 1. The molecule has 1 N–H and O–H groups in total. The summed E-state index contributed by atoms with van der Waals surface area (Å²) in [6.45, 7) is 12.0. The van der Waals surface area contributed by atoms with Crippen LogP contribution in [0.2, 0.25) is 5.02 Å². The van der Waals surface area contributed by atoms with Crippen molar-refractivity contribution in [1.29, 1.82) is 5.26 Å². The maximum Gasteiger partial charge on any atom is 0.255 e. The molecule has 0 radical (unpaired) electrons. The highest BCUT2D eigenvalue weighted by atomic mass is 35.5. The van der Waals surface area contributed by atoms with Gasteiger partial charge in [-0.05, 0) is 121 Å². The molecule has 4 fully saturated rings. The second-order valence-electron chi connectivity index (χ2n) is 17.9. The molecule has 12 heteroatoms. The van der Waals surface area contributed by atoms with Crippen LogP contribution in [-0.2, 0) is 29.2 Å². The third-order valence-electron chi connectivity index (χ3n) is 14.0. The van der Waals surface area contributed by atoms with Crippen LogP contribution in [-0.4, -0.2) is 89.7 Å². The van der Waals surface area contributed by atoms with Crippen LogP contribution in [0.15, 0.2) is 54.6 Å². The van der Waals surface area contributed by atoms with Crippen LogP contribution in [0.25, 0.3) is 0 Å². The van der Waals surface area contributed by atoms with Crippen molar-refractivity contribution in [3.05, 3.63) is 93.0 Å². The lowest BCUT2D eigenvalue weighted by molar-refractivity contribution is -0.136. The Labute approximate surface area is 339 Å². The van der Waals surface area contributed by atoms with Crippen molar-refractivity contribution in [3.8, 4) is 6.07 Å². The van der Waals surface area contributed by atoms with E-state index in [1.54, 1.807) is 4.90 Å². The van der Waals surface area contributed by atoms with Gasteiger partial charge in [0, 0.05) is 93.9 Å². The second kappa shape index (κ2) is 14.5. The predicted molar refractivity (Wildman–Crippen MR) is 218 cm³/mol. The number of benzene rings is 3. The highest BCUT2D eigenvalue weighted by molar-refractivity contribution is 6.32. The van der Waals surface area contributed by atoms with Gasteiger partial charge in [-0.15, -0.1) is 0 Å². The fraction of sp³-hybridized carbons (Fsp3) is 0.489. The SMILES string of the molecule is C[C@H]1CC2(CCN(c3ccc(C(=O)N4CCC(C)(CN5Cc6cc7c(cc6C5)C(=O)N(C5CCC(=O)NC5=O)C7)CC4)cc3)CC2)CN1c1ccc(C#N)c(Cl)c1. The third-order valence-corrected chi connectivity index (χ3v) is 14.3. The molecule has 0 saturated carbocycles. The van der Waals surface area contributed by atoms with E-state index in [1.165, 1.54) is 16.8 Å². The topological polar surface area (TPSA) is 120 Å². The lowest BCUT2D eigenvalue weighted by Crippen LogP contribution is -2.52. The van der Waals surface area contributed by atoms with E-state index >= 15 is 0 Å². The Balaban J connectivity index is 0.751. The maximum absolute atomic E-state index is 13.7. The van der Waals surface area contributed by atoms with E-state index < -0.39 is 6.04 Å². The number of rotatable bonds is 6. The summed E-state index contributed by atoms with van der Waals surface area (Å²) in [7, 11) is 0. The van der Waals surface area contributed by atoms with Crippen molar-refractivity contribution in [1.82, 2.24) is 20.0 Å². The van der Waals surface area contributed by atoms with Crippen LogP contribution in [0.1, 0.15) is 102 Å². The van der Waals surface area contributed by atoms with Crippen molar-refractivity contribution in [3.63, 3.8) is 0 Å². The van der Waals surface area contributed by atoms with Crippen LogP contribution >= 0.6 is 11.6 Å². The molecule has 3 aromatic rings. The quantitative estimate of drug-likeness (QED) is 0.297. The standard InChI is InChI=1S/C45H50ClN7O4/c1-29-22-45(28-53(29)36-8-5-31(23-47)38(46)21-36)13-17-50(18-14-45)35-6-3-30(4-7-35)42(56)51-15-11-44(2,12-16-51)27-49-24-32-19-34-26-52(39-9-10-40(54)48-41(39)55)43(57)37(34)20-33(32)25-49/h3-8,19-21,29,39H,9-18,22,24-28H2,1-2H3,(H,48,54,55)/t29-,39?/m0/s1. The van der Waals surface area contributed by atoms with E-state index in [4.69, 9.17) is 11.6 Å². The van der Waals surface area contributed by atoms with Gasteiger partial charge in [-0.2, -0.15) is 5.26 Å². The zero-order chi connectivity index (χ0) is 39.6. The number of carbonyl (C=O) groups is 4. The molecule has 9 rings (SSSR count). The van der Waals surface area contributed by atoms with Crippen LogP contribution in [0.5, 0.6) is 0 Å². The number of hydrogen-bond acceptors (Lipinski definition) is 8. The van der Waals surface area contributed by atoms with E-state index in [0.29, 0.717) is 35.2 Å². The molecule has 0 aromatic heterocycles. The third kappa shape index (κ3) is 7.05. The molecule has 296 valence electrons. The number of fused-ring (bicyclic) bond motifs is 2. The summed E-state index contributed by atoms with van der Waals surface area (Å²) in [5, 5.41) is 12.2. The van der Waals surface area contributed by atoms with Gasteiger partial charge in [0.2, 0.25) is 11.8 Å². The minimum absolute atomic E-state index is 0.0820. The van der Waals surface area contributed by atoms with Gasteiger partial charge in [0.15, 0.2) is 0 Å². The second-order valence-corrected chi connectivity index (χ2v) is 18.3. The predicted octanol–water partition coefficient (Wildman–Crippen LogP) is 6.12. The van der Waals surface area contributed by atoms with E-state index in [1.807, 2.05) is 41.3 Å². The van der Waals surface area contributed by atoms with Crippen molar-refractivity contribution in [2.24, 2.45) is 10.8 Å². The average molecular weight is 788 g/mol. The normalized spacial score (nSPS) is 24.1. The zero-order valence-corrected chi connectivity index (χ0v) is 33.6. The Morgan fingerprint density at radius 1 is 0.877 bits per heavy atom. The van der Waals surface area contributed by atoms with Gasteiger partial charge in [-0.3, -0.25) is 29.4 Å².